The van der Waals surface area contributed by atoms with Crippen LogP contribution in [0.5, 0.6) is 5.75 Å². The average molecular weight is 493 g/mol. The van der Waals surface area contributed by atoms with Crippen LogP contribution in [-0.4, -0.2) is 27.5 Å². The monoisotopic (exact) mass is 492 g/mol. The lowest BCUT2D eigenvalue weighted by Crippen LogP contribution is -2.40. The number of fused-ring (bicyclic) bond motifs is 1. The second kappa shape index (κ2) is 10.6. The van der Waals surface area contributed by atoms with Crippen molar-refractivity contribution in [2.24, 2.45) is 0 Å². The lowest BCUT2D eigenvalue weighted by Gasteiger charge is -2.24. The summed E-state index contributed by atoms with van der Waals surface area (Å²) in [5.41, 5.74) is 1.18. The Balaban J connectivity index is 1.56. The van der Waals surface area contributed by atoms with Gasteiger partial charge >= 0.3 is 0 Å². The number of sulfonamides is 1. The zero-order valence-electron chi connectivity index (χ0n) is 19.1. The first kappa shape index (κ1) is 24.2. The van der Waals surface area contributed by atoms with Crippen LogP contribution in [0.3, 0.4) is 0 Å². The molecule has 6 nitrogen and oxygen atoms in total. The molecule has 0 aliphatic carbocycles. The topological polar surface area (TPSA) is 75.7 Å². The number of amides is 1. The summed E-state index contributed by atoms with van der Waals surface area (Å²) in [4.78, 5) is 12.7. The lowest BCUT2D eigenvalue weighted by atomic mass is 10.1. The Morgan fingerprint density at radius 1 is 0.914 bits per heavy atom. The number of halogens is 1. The van der Waals surface area contributed by atoms with E-state index in [1.165, 1.54) is 12.1 Å². The number of rotatable bonds is 9. The van der Waals surface area contributed by atoms with E-state index in [0.29, 0.717) is 18.0 Å². The molecule has 4 rings (SSSR count). The minimum Gasteiger partial charge on any atom is -0.494 e. The largest absolute Gasteiger partial charge is 0.494 e. The van der Waals surface area contributed by atoms with Crippen LogP contribution in [0.15, 0.2) is 95.9 Å². The number of ether oxygens (including phenoxy) is 1. The molecule has 0 unspecified atom stereocenters. The molecule has 180 valence electrons. The number of carbonyl (C=O) groups excluding carboxylic acids is 1. The number of hydrogen-bond acceptors (Lipinski definition) is 4. The Hall–Kier alpha value is -3.91. The zero-order valence-corrected chi connectivity index (χ0v) is 20.0. The van der Waals surface area contributed by atoms with Crippen LogP contribution in [0.1, 0.15) is 12.5 Å². The van der Waals surface area contributed by atoms with Crippen molar-refractivity contribution in [3.63, 3.8) is 0 Å². The fourth-order valence-corrected chi connectivity index (χ4v) is 5.08. The van der Waals surface area contributed by atoms with E-state index in [4.69, 9.17) is 4.74 Å². The fourth-order valence-electron chi connectivity index (χ4n) is 3.66. The molecule has 0 spiro atoms. The molecular formula is C27H25FN2O4S. The smallest absolute Gasteiger partial charge is 0.264 e. The van der Waals surface area contributed by atoms with Gasteiger partial charge in [-0.3, -0.25) is 9.10 Å². The van der Waals surface area contributed by atoms with E-state index in [2.05, 4.69) is 5.32 Å². The standard InChI is InChI=1S/C27H25FN2O4S/c1-2-34-25-13-11-24(12-14-25)30(35(32,33)26-15-9-23(28)10-16-26)19-27(31)29-18-20-7-8-21-5-3-4-6-22(21)17-20/h3-17H,2,18-19H2,1H3,(H,29,31). The number of nitrogens with zero attached hydrogens (tertiary/aromatic N) is 1. The summed E-state index contributed by atoms with van der Waals surface area (Å²) < 4.78 is 46.6. The van der Waals surface area contributed by atoms with Gasteiger partial charge in [0.2, 0.25) is 5.91 Å². The molecule has 4 aromatic rings. The first-order valence-corrected chi connectivity index (χ1v) is 12.6. The van der Waals surface area contributed by atoms with Crippen LogP contribution in [0.25, 0.3) is 10.8 Å². The van der Waals surface area contributed by atoms with Crippen molar-refractivity contribution in [2.75, 3.05) is 17.5 Å². The molecule has 4 aromatic carbocycles. The van der Waals surface area contributed by atoms with Crippen molar-refractivity contribution >= 4 is 32.4 Å². The van der Waals surface area contributed by atoms with Crippen LogP contribution >= 0.6 is 0 Å². The summed E-state index contributed by atoms with van der Waals surface area (Å²) in [7, 11) is -4.14. The van der Waals surface area contributed by atoms with Gasteiger partial charge in [-0.25, -0.2) is 12.8 Å². The summed E-state index contributed by atoms with van der Waals surface area (Å²) in [6.07, 6.45) is 0. The Labute approximate surface area is 204 Å². The maximum absolute atomic E-state index is 13.4. The third-order valence-electron chi connectivity index (χ3n) is 5.43. The second-order valence-corrected chi connectivity index (χ2v) is 9.71. The van der Waals surface area contributed by atoms with Crippen molar-refractivity contribution in [1.82, 2.24) is 5.32 Å². The molecule has 0 atom stereocenters. The van der Waals surface area contributed by atoms with E-state index in [0.717, 1.165) is 32.8 Å². The van der Waals surface area contributed by atoms with Gasteiger partial charge in [0.15, 0.2) is 0 Å². The number of nitrogens with one attached hydrogen (secondary N) is 1. The summed E-state index contributed by atoms with van der Waals surface area (Å²) in [6.45, 7) is 2.12. The van der Waals surface area contributed by atoms with Crippen molar-refractivity contribution < 1.29 is 22.3 Å². The van der Waals surface area contributed by atoms with Crippen molar-refractivity contribution in [3.8, 4) is 5.75 Å². The molecule has 0 radical (unpaired) electrons. The van der Waals surface area contributed by atoms with E-state index < -0.39 is 28.3 Å². The molecular weight excluding hydrogens is 467 g/mol. The maximum atomic E-state index is 13.4. The van der Waals surface area contributed by atoms with Gasteiger partial charge in [-0.15, -0.1) is 0 Å². The second-order valence-electron chi connectivity index (χ2n) is 7.85. The van der Waals surface area contributed by atoms with Crippen LogP contribution in [0, 0.1) is 5.82 Å². The molecule has 0 aromatic heterocycles. The van der Waals surface area contributed by atoms with E-state index in [1.54, 1.807) is 24.3 Å². The predicted molar refractivity (Wildman–Crippen MR) is 134 cm³/mol. The van der Waals surface area contributed by atoms with Gasteiger partial charge in [0.1, 0.15) is 18.1 Å². The number of anilines is 1. The molecule has 35 heavy (non-hydrogen) atoms. The minimum atomic E-state index is -4.14. The summed E-state index contributed by atoms with van der Waals surface area (Å²) in [5, 5.41) is 4.94. The van der Waals surface area contributed by atoms with Crippen molar-refractivity contribution in [1.29, 1.82) is 0 Å². The maximum Gasteiger partial charge on any atom is 0.264 e. The highest BCUT2D eigenvalue weighted by atomic mass is 32.2. The third-order valence-corrected chi connectivity index (χ3v) is 7.22. The van der Waals surface area contributed by atoms with Gasteiger partial charge in [0.25, 0.3) is 10.0 Å². The fraction of sp³-hybridized carbons (Fsp3) is 0.148. The van der Waals surface area contributed by atoms with Gasteiger partial charge in [0.05, 0.1) is 17.2 Å². The molecule has 0 aliphatic heterocycles. The SMILES string of the molecule is CCOc1ccc(N(CC(=O)NCc2ccc3ccccc3c2)S(=O)(=O)c2ccc(F)cc2)cc1. The van der Waals surface area contributed by atoms with Gasteiger partial charge in [-0.05, 0) is 77.9 Å². The molecule has 8 heteroatoms. The van der Waals surface area contributed by atoms with Crippen LogP contribution < -0.4 is 14.4 Å². The van der Waals surface area contributed by atoms with E-state index >= 15 is 0 Å². The van der Waals surface area contributed by atoms with Gasteiger partial charge in [0, 0.05) is 6.54 Å². The minimum absolute atomic E-state index is 0.116. The molecule has 0 bridgehead atoms. The van der Waals surface area contributed by atoms with Gasteiger partial charge in [-0.2, -0.15) is 0 Å². The summed E-state index contributed by atoms with van der Waals surface area (Å²) in [6, 6.07) is 24.7. The highest BCUT2D eigenvalue weighted by molar-refractivity contribution is 7.92. The Kier molecular flexibility index (Phi) is 7.31. The number of carbonyl (C=O) groups is 1. The molecule has 1 N–H and O–H groups in total. The van der Waals surface area contributed by atoms with E-state index in [1.807, 2.05) is 49.4 Å². The van der Waals surface area contributed by atoms with Crippen LogP contribution in [0.4, 0.5) is 10.1 Å². The molecule has 0 fully saturated rings. The van der Waals surface area contributed by atoms with Gasteiger partial charge < -0.3 is 10.1 Å². The molecule has 0 aliphatic rings. The van der Waals surface area contributed by atoms with Crippen LogP contribution in [-0.2, 0) is 21.4 Å². The zero-order chi connectivity index (χ0) is 24.8. The Morgan fingerprint density at radius 3 is 2.29 bits per heavy atom. The van der Waals surface area contributed by atoms with Crippen LogP contribution in [0.2, 0.25) is 0 Å². The molecule has 0 saturated carbocycles. The summed E-state index contributed by atoms with van der Waals surface area (Å²) >= 11 is 0. The summed E-state index contributed by atoms with van der Waals surface area (Å²) in [5.74, 6) is -0.446. The lowest BCUT2D eigenvalue weighted by molar-refractivity contribution is -0.119. The number of benzene rings is 4. The predicted octanol–water partition coefficient (Wildman–Crippen LogP) is 4.89. The Bertz CT molecular complexity index is 1420. The first-order valence-electron chi connectivity index (χ1n) is 11.1. The molecule has 1 amide bonds. The average Bonchev–Trinajstić information content (AvgIpc) is 2.87. The third kappa shape index (κ3) is 5.78. The van der Waals surface area contributed by atoms with E-state index in [9.17, 15) is 17.6 Å². The first-order chi connectivity index (χ1) is 16.9. The Morgan fingerprint density at radius 2 is 1.60 bits per heavy atom. The number of hydrogen-bond donors (Lipinski definition) is 1. The van der Waals surface area contributed by atoms with Gasteiger partial charge in [-0.1, -0.05) is 36.4 Å². The molecule has 0 heterocycles. The highest BCUT2D eigenvalue weighted by Gasteiger charge is 2.27. The van der Waals surface area contributed by atoms with Crippen molar-refractivity contribution in [3.05, 3.63) is 102 Å². The van der Waals surface area contributed by atoms with E-state index in [-0.39, 0.29) is 11.4 Å². The molecule has 0 saturated heterocycles. The van der Waals surface area contributed by atoms with Crippen molar-refractivity contribution in [2.45, 2.75) is 18.4 Å². The normalized spacial score (nSPS) is 11.3. The quantitative estimate of drug-likeness (QED) is 0.361. The highest BCUT2D eigenvalue weighted by Crippen LogP contribution is 2.26.